The van der Waals surface area contributed by atoms with Gasteiger partial charge in [-0.25, -0.2) is 9.97 Å². The van der Waals surface area contributed by atoms with Crippen molar-refractivity contribution in [3.8, 4) is 0 Å². The lowest BCUT2D eigenvalue weighted by Gasteiger charge is -1.98. The van der Waals surface area contributed by atoms with Crippen molar-refractivity contribution in [2.45, 2.75) is 6.42 Å². The van der Waals surface area contributed by atoms with Crippen molar-refractivity contribution in [1.29, 1.82) is 0 Å². The number of carbonyl (C=O) groups is 1. The van der Waals surface area contributed by atoms with Crippen LogP contribution in [0.15, 0.2) is 12.4 Å². The van der Waals surface area contributed by atoms with Gasteiger partial charge in [0.05, 0.1) is 24.7 Å². The Morgan fingerprint density at radius 2 is 2.17 bits per heavy atom. The summed E-state index contributed by atoms with van der Waals surface area (Å²) in [5.41, 5.74) is 0.548. The van der Waals surface area contributed by atoms with Gasteiger partial charge < -0.3 is 10.4 Å². The molecule has 1 heterocycles. The number of rotatable bonds is 4. The van der Waals surface area contributed by atoms with Crippen molar-refractivity contribution in [2.24, 2.45) is 0 Å². The number of hydrogen-bond donors (Lipinski definition) is 2. The molecule has 0 radical (unpaired) electrons. The Morgan fingerprint density at radius 3 is 2.67 bits per heavy atom. The van der Waals surface area contributed by atoms with Crippen LogP contribution in [-0.4, -0.2) is 28.1 Å². The molecule has 0 unspecified atom stereocenters. The third-order valence-corrected chi connectivity index (χ3v) is 1.27. The highest BCUT2D eigenvalue weighted by molar-refractivity contribution is 5.69. The number of anilines is 1. The van der Waals surface area contributed by atoms with Crippen LogP contribution in [0.3, 0.4) is 0 Å². The smallest absolute Gasteiger partial charge is 0.211 e. The molecule has 1 rings (SSSR count). The fourth-order valence-electron chi connectivity index (χ4n) is 0.726. The lowest BCUT2D eigenvalue weighted by atomic mass is 10.4. The molecule has 0 aromatic carbocycles. The molecule has 1 aromatic heterocycles. The predicted octanol–water partition coefficient (Wildman–Crippen LogP) is -0.420. The number of nitrogens with zero attached hydrogens (tertiary/aromatic N) is 2. The normalized spacial score (nSPS) is 9.42. The number of aromatic nitrogens is 2. The Labute approximate surface area is 69.5 Å². The summed E-state index contributed by atoms with van der Waals surface area (Å²) in [4.78, 5) is 17.8. The van der Waals surface area contributed by atoms with Gasteiger partial charge in [-0.2, -0.15) is 0 Å². The molecule has 0 atom stereocenters. The van der Waals surface area contributed by atoms with Gasteiger partial charge in [0, 0.05) is 6.42 Å². The lowest BCUT2D eigenvalue weighted by Crippen LogP contribution is -2.00. The van der Waals surface area contributed by atoms with Crippen LogP contribution in [0.25, 0.3) is 0 Å². The first-order valence-electron chi connectivity index (χ1n) is 3.49. The minimum atomic E-state index is 0.0282. The highest BCUT2D eigenvalue weighted by Gasteiger charge is 1.94. The Kier molecular flexibility index (Phi) is 3.16. The number of carbonyl (C=O) groups excluding carboxylic acids is 1. The summed E-state index contributed by atoms with van der Waals surface area (Å²) in [6, 6.07) is 0. The minimum Gasteiger partial charge on any atom is -0.396 e. The third-order valence-electron chi connectivity index (χ3n) is 1.27. The van der Waals surface area contributed by atoms with Gasteiger partial charge in [-0.05, 0) is 0 Å². The van der Waals surface area contributed by atoms with Crippen LogP contribution in [0, 0.1) is 0 Å². The molecule has 0 aliphatic carbocycles. The van der Waals surface area contributed by atoms with Crippen molar-refractivity contribution in [3.05, 3.63) is 18.2 Å². The van der Waals surface area contributed by atoms with Crippen LogP contribution >= 0.6 is 0 Å². The number of aliphatic hydroxyl groups is 1. The number of hydrogen-bond acceptors (Lipinski definition) is 4. The van der Waals surface area contributed by atoms with Crippen LogP contribution in [0.2, 0.25) is 0 Å². The third kappa shape index (κ3) is 2.28. The molecule has 0 aliphatic heterocycles. The minimum absolute atomic E-state index is 0.0282. The number of nitrogens with one attached hydrogen (secondary N) is 1. The zero-order valence-corrected chi connectivity index (χ0v) is 6.40. The summed E-state index contributed by atoms with van der Waals surface area (Å²) < 4.78 is 0. The summed E-state index contributed by atoms with van der Waals surface area (Å²) in [6.45, 7) is 0.0282. The van der Waals surface area contributed by atoms with E-state index >= 15 is 0 Å². The second-order valence-corrected chi connectivity index (χ2v) is 2.12. The fourth-order valence-corrected chi connectivity index (χ4v) is 0.726. The second kappa shape index (κ2) is 4.40. The first kappa shape index (κ1) is 8.61. The van der Waals surface area contributed by atoms with Gasteiger partial charge in [0.15, 0.2) is 0 Å². The molecule has 0 saturated heterocycles. The van der Waals surface area contributed by atoms with E-state index in [1.807, 2.05) is 0 Å². The van der Waals surface area contributed by atoms with Gasteiger partial charge in [0.2, 0.25) is 6.41 Å². The van der Waals surface area contributed by atoms with Gasteiger partial charge in [-0.1, -0.05) is 0 Å². The molecule has 0 fully saturated rings. The Bertz CT molecular complexity index is 247. The highest BCUT2D eigenvalue weighted by atomic mass is 16.3. The lowest BCUT2D eigenvalue weighted by molar-refractivity contribution is -0.105. The quantitative estimate of drug-likeness (QED) is 0.597. The van der Waals surface area contributed by atoms with E-state index in [0.717, 1.165) is 0 Å². The molecule has 0 bridgehead atoms. The van der Waals surface area contributed by atoms with Gasteiger partial charge in [0.1, 0.15) is 5.82 Å². The van der Waals surface area contributed by atoms with Gasteiger partial charge in [0.25, 0.3) is 0 Å². The monoisotopic (exact) mass is 167 g/mol. The maximum Gasteiger partial charge on any atom is 0.211 e. The molecule has 5 heteroatoms. The average molecular weight is 167 g/mol. The second-order valence-electron chi connectivity index (χ2n) is 2.12. The summed E-state index contributed by atoms with van der Waals surface area (Å²) in [5, 5.41) is 10.9. The van der Waals surface area contributed by atoms with Crippen LogP contribution in [0.1, 0.15) is 5.82 Å². The summed E-state index contributed by atoms with van der Waals surface area (Å²) in [6.07, 6.45) is 3.98. The van der Waals surface area contributed by atoms with Crippen molar-refractivity contribution in [2.75, 3.05) is 11.9 Å². The molecular formula is C7H9N3O2. The van der Waals surface area contributed by atoms with E-state index in [9.17, 15) is 4.79 Å². The van der Waals surface area contributed by atoms with Crippen LogP contribution in [0.4, 0.5) is 5.69 Å². The number of amides is 1. The molecule has 0 aliphatic rings. The highest BCUT2D eigenvalue weighted by Crippen LogP contribution is 2.00. The molecule has 64 valence electrons. The molecule has 2 N–H and O–H groups in total. The van der Waals surface area contributed by atoms with E-state index in [2.05, 4.69) is 15.3 Å². The van der Waals surface area contributed by atoms with E-state index in [-0.39, 0.29) is 6.61 Å². The summed E-state index contributed by atoms with van der Waals surface area (Å²) in [5.74, 6) is 0.564. The number of aliphatic hydroxyl groups excluding tert-OH is 1. The molecule has 1 aromatic rings. The zero-order chi connectivity index (χ0) is 8.81. The molecule has 0 saturated carbocycles. The molecule has 0 spiro atoms. The molecule has 1 amide bonds. The topological polar surface area (TPSA) is 75.1 Å². The fraction of sp³-hybridized carbons (Fsp3) is 0.286. The van der Waals surface area contributed by atoms with Crippen molar-refractivity contribution < 1.29 is 9.90 Å². The van der Waals surface area contributed by atoms with Crippen molar-refractivity contribution >= 4 is 12.1 Å². The van der Waals surface area contributed by atoms with Crippen LogP contribution in [-0.2, 0) is 11.2 Å². The van der Waals surface area contributed by atoms with Gasteiger partial charge >= 0.3 is 0 Å². The van der Waals surface area contributed by atoms with Crippen molar-refractivity contribution in [1.82, 2.24) is 9.97 Å². The van der Waals surface area contributed by atoms with E-state index in [1.54, 1.807) is 0 Å². The average Bonchev–Trinajstić information content (AvgIpc) is 2.09. The first-order valence-corrected chi connectivity index (χ1v) is 3.49. The largest absolute Gasteiger partial charge is 0.396 e. The molecular weight excluding hydrogens is 158 g/mol. The molecule has 5 nitrogen and oxygen atoms in total. The Balaban J connectivity index is 2.64. The zero-order valence-electron chi connectivity index (χ0n) is 6.40. The standard InChI is InChI=1S/C7H9N3O2/c11-2-1-7-8-3-6(4-9-7)10-5-12/h3-5,11H,1-2H2,(H,10,12). The predicted molar refractivity (Wildman–Crippen MR) is 42.5 cm³/mol. The van der Waals surface area contributed by atoms with Crippen LogP contribution < -0.4 is 5.32 Å². The SMILES string of the molecule is O=CNc1cnc(CCO)nc1. The maximum absolute atomic E-state index is 9.98. The van der Waals surface area contributed by atoms with Crippen LogP contribution in [0.5, 0.6) is 0 Å². The van der Waals surface area contributed by atoms with E-state index in [4.69, 9.17) is 5.11 Å². The maximum atomic E-state index is 9.98. The van der Waals surface area contributed by atoms with Crippen molar-refractivity contribution in [3.63, 3.8) is 0 Å². The summed E-state index contributed by atoms with van der Waals surface area (Å²) >= 11 is 0. The molecule has 12 heavy (non-hydrogen) atoms. The Hall–Kier alpha value is -1.49. The summed E-state index contributed by atoms with van der Waals surface area (Å²) in [7, 11) is 0. The van der Waals surface area contributed by atoms with E-state index < -0.39 is 0 Å². The van der Waals surface area contributed by atoms with E-state index in [1.165, 1.54) is 12.4 Å². The van der Waals surface area contributed by atoms with Gasteiger partial charge in [-0.15, -0.1) is 0 Å². The Morgan fingerprint density at radius 1 is 1.50 bits per heavy atom. The first-order chi connectivity index (χ1) is 5.86. The van der Waals surface area contributed by atoms with Gasteiger partial charge in [-0.3, -0.25) is 4.79 Å². The van der Waals surface area contributed by atoms with E-state index in [0.29, 0.717) is 24.3 Å².